The summed E-state index contributed by atoms with van der Waals surface area (Å²) in [5, 5.41) is 0.493. The van der Waals surface area contributed by atoms with Crippen molar-refractivity contribution in [3.05, 3.63) is 69.5 Å². The normalized spacial score (nSPS) is 12.5. The van der Waals surface area contributed by atoms with Crippen LogP contribution < -0.4 is 5.73 Å². The summed E-state index contributed by atoms with van der Waals surface area (Å²) >= 11 is 5.90. The van der Waals surface area contributed by atoms with Crippen LogP contribution in [0.2, 0.25) is 5.02 Å². The standard InChI is InChI=1S/C15H15ClFN/c1-9-4-3-5-12(10(9)2)15(18)13-8-11(16)6-7-14(13)17/h3-8,15H,18H2,1-2H3. The van der Waals surface area contributed by atoms with Gasteiger partial charge in [0, 0.05) is 10.6 Å². The molecule has 0 aromatic heterocycles. The van der Waals surface area contributed by atoms with Gasteiger partial charge in [-0.25, -0.2) is 4.39 Å². The Morgan fingerprint density at radius 1 is 1.11 bits per heavy atom. The summed E-state index contributed by atoms with van der Waals surface area (Å²) in [5.74, 6) is -0.326. The predicted molar refractivity (Wildman–Crippen MR) is 73.4 cm³/mol. The minimum absolute atomic E-state index is 0.326. The second kappa shape index (κ2) is 5.09. The van der Waals surface area contributed by atoms with Crippen molar-refractivity contribution in [3.8, 4) is 0 Å². The van der Waals surface area contributed by atoms with E-state index >= 15 is 0 Å². The van der Waals surface area contributed by atoms with Crippen molar-refractivity contribution in [3.63, 3.8) is 0 Å². The zero-order valence-electron chi connectivity index (χ0n) is 10.4. The third kappa shape index (κ3) is 2.40. The minimum Gasteiger partial charge on any atom is -0.320 e. The van der Waals surface area contributed by atoms with Crippen LogP contribution >= 0.6 is 11.6 Å². The zero-order valence-corrected chi connectivity index (χ0v) is 11.1. The van der Waals surface area contributed by atoms with Crippen LogP contribution in [-0.4, -0.2) is 0 Å². The molecule has 0 fully saturated rings. The number of hydrogen-bond acceptors (Lipinski definition) is 1. The van der Waals surface area contributed by atoms with Crippen molar-refractivity contribution in [2.75, 3.05) is 0 Å². The summed E-state index contributed by atoms with van der Waals surface area (Å²) in [5.41, 5.74) is 9.74. The van der Waals surface area contributed by atoms with Crippen LogP contribution in [0, 0.1) is 19.7 Å². The molecule has 1 unspecified atom stereocenters. The van der Waals surface area contributed by atoms with Crippen LogP contribution in [0.4, 0.5) is 4.39 Å². The number of hydrogen-bond donors (Lipinski definition) is 1. The lowest BCUT2D eigenvalue weighted by Crippen LogP contribution is -2.15. The van der Waals surface area contributed by atoms with E-state index in [1.165, 1.54) is 12.1 Å². The van der Waals surface area contributed by atoms with Crippen LogP contribution in [0.3, 0.4) is 0 Å². The highest BCUT2D eigenvalue weighted by Crippen LogP contribution is 2.28. The van der Waals surface area contributed by atoms with E-state index < -0.39 is 6.04 Å². The lowest BCUT2D eigenvalue weighted by Gasteiger charge is -2.17. The summed E-state index contributed by atoms with van der Waals surface area (Å²) in [6, 6.07) is 9.83. The first-order valence-electron chi connectivity index (χ1n) is 5.77. The van der Waals surface area contributed by atoms with Gasteiger partial charge in [-0.3, -0.25) is 0 Å². The largest absolute Gasteiger partial charge is 0.320 e. The molecule has 2 aromatic carbocycles. The van der Waals surface area contributed by atoms with Gasteiger partial charge in [0.2, 0.25) is 0 Å². The molecule has 0 aliphatic carbocycles. The summed E-state index contributed by atoms with van der Waals surface area (Å²) < 4.78 is 13.8. The first kappa shape index (κ1) is 13.1. The van der Waals surface area contributed by atoms with Gasteiger partial charge >= 0.3 is 0 Å². The Labute approximate surface area is 111 Å². The van der Waals surface area contributed by atoms with Crippen molar-refractivity contribution in [2.24, 2.45) is 5.73 Å². The second-order valence-corrected chi connectivity index (χ2v) is 4.87. The van der Waals surface area contributed by atoms with E-state index in [2.05, 4.69) is 0 Å². The SMILES string of the molecule is Cc1cccc(C(N)c2cc(Cl)ccc2F)c1C. The third-order valence-corrected chi connectivity index (χ3v) is 3.51. The van der Waals surface area contributed by atoms with E-state index in [9.17, 15) is 4.39 Å². The van der Waals surface area contributed by atoms with Crippen LogP contribution in [0.1, 0.15) is 28.3 Å². The molecule has 94 valence electrons. The van der Waals surface area contributed by atoms with Crippen molar-refractivity contribution in [1.29, 1.82) is 0 Å². The van der Waals surface area contributed by atoms with Crippen LogP contribution in [0.5, 0.6) is 0 Å². The van der Waals surface area contributed by atoms with E-state index in [1.807, 2.05) is 32.0 Å². The van der Waals surface area contributed by atoms with Gasteiger partial charge in [0.1, 0.15) is 5.82 Å². The van der Waals surface area contributed by atoms with Gasteiger partial charge in [-0.1, -0.05) is 29.8 Å². The topological polar surface area (TPSA) is 26.0 Å². The maximum absolute atomic E-state index is 13.8. The molecule has 1 nitrogen and oxygen atoms in total. The molecule has 2 rings (SSSR count). The van der Waals surface area contributed by atoms with E-state index in [0.717, 1.165) is 16.7 Å². The van der Waals surface area contributed by atoms with Crippen LogP contribution in [-0.2, 0) is 0 Å². The van der Waals surface area contributed by atoms with E-state index in [1.54, 1.807) is 6.07 Å². The van der Waals surface area contributed by atoms with Crippen LogP contribution in [0.25, 0.3) is 0 Å². The molecule has 0 radical (unpaired) electrons. The molecular formula is C15H15ClFN. The molecule has 0 saturated carbocycles. The molecule has 18 heavy (non-hydrogen) atoms. The van der Waals surface area contributed by atoms with Gasteiger partial charge in [-0.2, -0.15) is 0 Å². The predicted octanol–water partition coefficient (Wildman–Crippen LogP) is 4.14. The Morgan fingerprint density at radius 3 is 2.56 bits per heavy atom. The Bertz CT molecular complexity index is 579. The third-order valence-electron chi connectivity index (χ3n) is 3.27. The maximum Gasteiger partial charge on any atom is 0.128 e. The summed E-state index contributed by atoms with van der Waals surface area (Å²) in [7, 11) is 0. The Balaban J connectivity index is 2.51. The van der Waals surface area contributed by atoms with Crippen LogP contribution in [0.15, 0.2) is 36.4 Å². The molecule has 2 N–H and O–H groups in total. The molecule has 0 heterocycles. The van der Waals surface area contributed by atoms with Gasteiger partial charge in [0.25, 0.3) is 0 Å². The smallest absolute Gasteiger partial charge is 0.128 e. The fraction of sp³-hybridized carbons (Fsp3) is 0.200. The molecule has 0 aliphatic heterocycles. The molecule has 0 amide bonds. The molecule has 0 bridgehead atoms. The van der Waals surface area contributed by atoms with Gasteiger partial charge in [-0.15, -0.1) is 0 Å². The second-order valence-electron chi connectivity index (χ2n) is 4.43. The highest BCUT2D eigenvalue weighted by Gasteiger charge is 2.16. The van der Waals surface area contributed by atoms with Crippen molar-refractivity contribution in [2.45, 2.75) is 19.9 Å². The number of benzene rings is 2. The molecular weight excluding hydrogens is 249 g/mol. The first-order chi connectivity index (χ1) is 8.50. The molecule has 0 spiro atoms. The maximum atomic E-state index is 13.8. The van der Waals surface area contributed by atoms with Gasteiger partial charge < -0.3 is 5.73 Å². The van der Waals surface area contributed by atoms with Crippen molar-refractivity contribution in [1.82, 2.24) is 0 Å². The van der Waals surface area contributed by atoms with E-state index in [4.69, 9.17) is 17.3 Å². The average Bonchev–Trinajstić information content (AvgIpc) is 2.35. The molecule has 2 aromatic rings. The fourth-order valence-electron chi connectivity index (χ4n) is 2.03. The number of rotatable bonds is 2. The Hall–Kier alpha value is -1.38. The first-order valence-corrected chi connectivity index (χ1v) is 6.15. The minimum atomic E-state index is -0.497. The number of nitrogens with two attached hydrogens (primary N) is 1. The van der Waals surface area contributed by atoms with E-state index in [0.29, 0.717) is 10.6 Å². The van der Waals surface area contributed by atoms with Gasteiger partial charge in [-0.05, 0) is 48.7 Å². The average molecular weight is 264 g/mol. The Morgan fingerprint density at radius 2 is 1.83 bits per heavy atom. The summed E-state index contributed by atoms with van der Waals surface area (Å²) in [4.78, 5) is 0. The zero-order chi connectivity index (χ0) is 13.3. The molecule has 0 saturated heterocycles. The lowest BCUT2D eigenvalue weighted by atomic mass is 9.93. The fourth-order valence-corrected chi connectivity index (χ4v) is 2.21. The quantitative estimate of drug-likeness (QED) is 0.866. The molecule has 0 aliphatic rings. The molecule has 1 atom stereocenters. The van der Waals surface area contributed by atoms with Gasteiger partial charge in [0.05, 0.1) is 6.04 Å². The van der Waals surface area contributed by atoms with E-state index in [-0.39, 0.29) is 5.82 Å². The number of halogens is 2. The highest BCUT2D eigenvalue weighted by molar-refractivity contribution is 6.30. The number of aryl methyl sites for hydroxylation is 1. The monoisotopic (exact) mass is 263 g/mol. The summed E-state index contributed by atoms with van der Waals surface area (Å²) in [6.07, 6.45) is 0. The lowest BCUT2D eigenvalue weighted by molar-refractivity contribution is 0.599. The van der Waals surface area contributed by atoms with Crippen molar-refractivity contribution < 1.29 is 4.39 Å². The highest BCUT2D eigenvalue weighted by atomic mass is 35.5. The summed E-state index contributed by atoms with van der Waals surface area (Å²) in [6.45, 7) is 4.01. The molecule has 3 heteroatoms. The van der Waals surface area contributed by atoms with Crippen molar-refractivity contribution >= 4 is 11.6 Å². The van der Waals surface area contributed by atoms with Gasteiger partial charge in [0.15, 0.2) is 0 Å². The Kier molecular flexibility index (Phi) is 3.69.